The summed E-state index contributed by atoms with van der Waals surface area (Å²) in [6.45, 7) is 8.80. The summed E-state index contributed by atoms with van der Waals surface area (Å²) in [5.74, 6) is 2.45. The molecule has 0 radical (unpaired) electrons. The Hall–Kier alpha value is -3.43. The van der Waals surface area contributed by atoms with Crippen molar-refractivity contribution >= 4 is 72.5 Å². The van der Waals surface area contributed by atoms with Crippen molar-refractivity contribution in [3.63, 3.8) is 0 Å². The van der Waals surface area contributed by atoms with Gasteiger partial charge in [-0.25, -0.2) is 4.79 Å². The number of piperazine rings is 1. The van der Waals surface area contributed by atoms with Crippen molar-refractivity contribution in [1.29, 1.82) is 5.26 Å². The predicted octanol–water partition coefficient (Wildman–Crippen LogP) is 7.41. The van der Waals surface area contributed by atoms with Gasteiger partial charge in [-0.1, -0.05) is 0 Å². The molecule has 3 saturated heterocycles. The third-order valence-electron chi connectivity index (χ3n) is 10.4. The van der Waals surface area contributed by atoms with Crippen LogP contribution in [0.3, 0.4) is 0 Å². The Labute approximate surface area is 325 Å². The Kier molecular flexibility index (Phi) is 11.2. The molecule has 0 spiro atoms. The molecule has 3 fully saturated rings. The van der Waals surface area contributed by atoms with E-state index in [1.54, 1.807) is 49.9 Å². The van der Waals surface area contributed by atoms with Gasteiger partial charge >= 0.3 is 207 Å². The molecular formula is C39H39F2N6O3PSTl+. The van der Waals surface area contributed by atoms with Crippen LogP contribution in [0.1, 0.15) is 58.4 Å². The van der Waals surface area contributed by atoms with Crippen molar-refractivity contribution in [1.82, 2.24) is 19.8 Å². The smallest absolute Gasteiger partial charge is 0.198 e. The van der Waals surface area contributed by atoms with Gasteiger partial charge in [0, 0.05) is 6.54 Å². The third kappa shape index (κ3) is 7.75. The molecule has 0 bridgehead atoms. The molecule has 0 saturated carbocycles. The van der Waals surface area contributed by atoms with Gasteiger partial charge in [0.25, 0.3) is 0 Å². The number of carbonyl (C=O) groups excluding carboxylic acids is 1. The molecule has 7 rings (SSSR count). The average molecular weight is 945 g/mol. The van der Waals surface area contributed by atoms with Crippen LogP contribution in [-0.2, 0) is 16.5 Å². The number of rotatable bonds is 6. The summed E-state index contributed by atoms with van der Waals surface area (Å²) in [6.07, 6.45) is 3.84. The van der Waals surface area contributed by atoms with Crippen LogP contribution in [0.5, 0.6) is 6.01 Å². The van der Waals surface area contributed by atoms with Gasteiger partial charge in [0.15, 0.2) is 0 Å². The normalized spacial score (nSPS) is 18.2. The van der Waals surface area contributed by atoms with Crippen LogP contribution >= 0.6 is 4.00 Å². The van der Waals surface area contributed by atoms with Gasteiger partial charge < -0.3 is 9.64 Å². The number of benzene rings is 3. The molecule has 9 nitrogen and oxygen atoms in total. The third-order valence-corrected chi connectivity index (χ3v) is 16.7. The molecule has 270 valence electrons. The van der Waals surface area contributed by atoms with Crippen LogP contribution in [-0.4, -0.2) is 105 Å². The zero-order valence-corrected chi connectivity index (χ0v) is 36.2. The van der Waals surface area contributed by atoms with Gasteiger partial charge in [0.1, 0.15) is 5.60 Å². The molecular weight excluding hydrogens is 906 g/mol. The Morgan fingerprint density at radius 1 is 1.08 bits per heavy atom. The SMILES string of the molecule is CC(C)(C)OC(=O)N1CCN(c2nc(OCC34CCCN3CCC4)nc3c(F)c(-c4cccc5ccc(F)c(C#[C][Tl]=[P+]=S)c45)ccc23)C[C@@H]1CC#N. The van der Waals surface area contributed by atoms with Gasteiger partial charge in [0.05, 0.1) is 24.1 Å². The van der Waals surface area contributed by atoms with E-state index in [9.17, 15) is 10.1 Å². The molecule has 0 N–H and O–H groups in total. The molecule has 3 aromatic carbocycles. The van der Waals surface area contributed by atoms with Crippen molar-refractivity contribution in [2.24, 2.45) is 0 Å². The maximum atomic E-state index is 17.2. The van der Waals surface area contributed by atoms with Crippen LogP contribution in [0.25, 0.3) is 32.8 Å². The second-order valence-corrected chi connectivity index (χ2v) is 27.4. The first-order chi connectivity index (χ1) is 25.5. The summed E-state index contributed by atoms with van der Waals surface area (Å²) in [5, 5.41) is 11.5. The van der Waals surface area contributed by atoms with Gasteiger partial charge in [-0.05, 0) is 59.5 Å². The summed E-state index contributed by atoms with van der Waals surface area (Å²) < 4.78 is 48.7. The molecule has 0 aliphatic carbocycles. The van der Waals surface area contributed by atoms with E-state index >= 15 is 8.78 Å². The zero-order chi connectivity index (χ0) is 37.3. The van der Waals surface area contributed by atoms with Crippen LogP contribution < -0.4 is 9.64 Å². The van der Waals surface area contributed by atoms with Gasteiger partial charge in [-0.2, -0.15) is 5.26 Å². The molecule has 1 amide bonds. The number of fused-ring (bicyclic) bond motifs is 3. The number of hydrogen-bond donors (Lipinski definition) is 0. The van der Waals surface area contributed by atoms with Crippen molar-refractivity contribution in [2.45, 2.75) is 70.1 Å². The number of amides is 1. The van der Waals surface area contributed by atoms with Gasteiger partial charge in [-0.3, -0.25) is 4.90 Å². The number of hydrogen-bond acceptors (Lipinski definition) is 9. The number of carbonyl (C=O) groups is 1. The number of ether oxygens (including phenoxy) is 2. The second kappa shape index (κ2) is 15.7. The van der Waals surface area contributed by atoms with E-state index in [1.165, 1.54) is 6.07 Å². The van der Waals surface area contributed by atoms with Crippen LogP contribution in [0.15, 0.2) is 42.5 Å². The molecule has 53 heavy (non-hydrogen) atoms. The standard InChI is InChI=1S/C39H39F2N6O3.PS.Tl/c1-5-27-31(40)14-11-25-9-6-10-28(32(25)27)29-12-13-30-34(33(29)41)43-36(49-24-39-16-7-19-46(39)20-8-17-39)44-35(30)45-21-22-47(26(23-45)15-18-42)37(48)50-38(2,3)4;1-2;/h6,9-14,26H,7-8,15-17,19-24H2,2-4H3;;/q;-1;+2/t26-;;/m0../s1. The summed E-state index contributed by atoms with van der Waals surface area (Å²) in [4.78, 5) is 28.8. The number of nitrogens with zero attached hydrogens (tertiary/aromatic N) is 6. The van der Waals surface area contributed by atoms with Crippen LogP contribution in [0.2, 0.25) is 0 Å². The molecule has 14 heteroatoms. The number of nitriles is 1. The fourth-order valence-corrected chi connectivity index (χ4v) is 11.5. The van der Waals surface area contributed by atoms with E-state index in [2.05, 4.69) is 20.4 Å². The van der Waals surface area contributed by atoms with E-state index in [1.807, 2.05) is 17.0 Å². The minimum absolute atomic E-state index is 0.0640. The predicted molar refractivity (Wildman–Crippen MR) is 207 cm³/mol. The summed E-state index contributed by atoms with van der Waals surface area (Å²) in [5.41, 5.74) is 0.290. The van der Waals surface area contributed by atoms with Crippen molar-refractivity contribution < 1.29 is 23.0 Å². The molecule has 3 aliphatic rings. The summed E-state index contributed by atoms with van der Waals surface area (Å²) in [6, 6.07) is 13.8. The summed E-state index contributed by atoms with van der Waals surface area (Å²) in [7, 11) is 0. The minimum Gasteiger partial charge on any atom is -0.198 e. The number of anilines is 1. The minimum atomic E-state index is -1.51. The molecule has 3 aliphatic heterocycles. The molecule has 4 aromatic rings. The van der Waals surface area contributed by atoms with E-state index < -0.39 is 52.5 Å². The van der Waals surface area contributed by atoms with E-state index in [-0.39, 0.29) is 47.7 Å². The first-order valence-electron chi connectivity index (χ1n) is 17.9. The van der Waals surface area contributed by atoms with Crippen LogP contribution in [0.4, 0.5) is 19.4 Å². The number of halogens is 2. The van der Waals surface area contributed by atoms with E-state index in [4.69, 9.17) is 31.2 Å². The van der Waals surface area contributed by atoms with Crippen LogP contribution in [0, 0.1) is 32.4 Å². The average Bonchev–Trinajstić information content (AvgIpc) is 3.72. The molecule has 4 heterocycles. The van der Waals surface area contributed by atoms with Crippen molar-refractivity contribution in [3.05, 3.63) is 59.7 Å². The number of aromatic nitrogens is 2. The Bertz CT molecular complexity index is 2250. The second-order valence-electron chi connectivity index (χ2n) is 14.8. The fraction of sp³-hybridized carbons (Fsp3) is 0.436. The first kappa shape index (κ1) is 37.9. The van der Waals surface area contributed by atoms with Crippen molar-refractivity contribution in [3.8, 4) is 32.6 Å². The molecule has 1 aromatic heterocycles. The monoisotopic (exact) mass is 945 g/mol. The summed E-state index contributed by atoms with van der Waals surface area (Å²) >= 11 is 3.60. The van der Waals surface area contributed by atoms with Crippen molar-refractivity contribution in [2.75, 3.05) is 44.2 Å². The van der Waals surface area contributed by atoms with E-state index in [0.717, 1.165) is 48.2 Å². The molecule has 1 atom stereocenters. The topological polar surface area (TPSA) is 94.8 Å². The quantitative estimate of drug-likeness (QED) is 0.111. The Balaban J connectivity index is 1.34. The van der Waals surface area contributed by atoms with Gasteiger partial charge in [0.2, 0.25) is 0 Å². The Morgan fingerprint density at radius 3 is 2.60 bits per heavy atom. The zero-order valence-electron chi connectivity index (χ0n) is 30.0. The van der Waals surface area contributed by atoms with E-state index in [0.29, 0.717) is 35.3 Å². The molecule has 0 unspecified atom stereocenters. The Morgan fingerprint density at radius 2 is 1.87 bits per heavy atom. The van der Waals surface area contributed by atoms with Gasteiger partial charge in [-0.15, -0.1) is 0 Å². The first-order valence-corrected chi connectivity index (χ1v) is 28.1. The fourth-order valence-electron chi connectivity index (χ4n) is 8.02. The maximum absolute atomic E-state index is 17.2.